The first-order valence-corrected chi connectivity index (χ1v) is 8.27. The van der Waals surface area contributed by atoms with Crippen molar-refractivity contribution in [2.45, 2.75) is 57.5 Å². The van der Waals surface area contributed by atoms with E-state index < -0.39 is 0 Å². The maximum atomic E-state index is 12.7. The number of aryl methyl sites for hydroxylation is 1. The largest absolute Gasteiger partial charge is 0.336 e. The summed E-state index contributed by atoms with van der Waals surface area (Å²) in [5, 5.41) is 0. The molecule has 0 aromatic heterocycles. The maximum Gasteiger partial charge on any atom is 0.223 e. The average Bonchev–Trinajstić information content (AvgIpc) is 3.08. The van der Waals surface area contributed by atoms with Crippen LogP contribution in [0, 0.1) is 12.8 Å². The molecule has 0 spiro atoms. The molecule has 1 saturated heterocycles. The van der Waals surface area contributed by atoms with Crippen molar-refractivity contribution in [1.29, 1.82) is 0 Å². The standard InChI is InChI=1S/C18H26N2O.ClH/c1-13-5-2-7-15(11-13)17-9-4-10-20(17)18(21)12-14-6-3-8-16(14)19;/h2,5,7,11,14,16-17H,3-4,6,8-10,12,19H2,1H3;1H/t14-,16+,17?;/m0./s1. The number of nitrogens with two attached hydrogens (primary N) is 1. The quantitative estimate of drug-likeness (QED) is 0.924. The number of carbonyl (C=O) groups excluding carboxylic acids is 1. The molecule has 1 amide bonds. The van der Waals surface area contributed by atoms with Crippen molar-refractivity contribution in [2.24, 2.45) is 11.7 Å². The summed E-state index contributed by atoms with van der Waals surface area (Å²) in [5.41, 5.74) is 8.68. The van der Waals surface area contributed by atoms with Crippen LogP contribution in [0.1, 0.15) is 55.7 Å². The highest BCUT2D eigenvalue weighted by Gasteiger charge is 2.33. The third kappa shape index (κ3) is 3.64. The second-order valence-electron chi connectivity index (χ2n) is 6.72. The molecule has 4 heteroatoms. The minimum atomic E-state index is 0. The van der Waals surface area contributed by atoms with E-state index in [0.717, 1.165) is 32.2 Å². The van der Waals surface area contributed by atoms with Crippen LogP contribution in [-0.2, 0) is 4.79 Å². The third-order valence-electron chi connectivity index (χ3n) is 5.15. The van der Waals surface area contributed by atoms with Gasteiger partial charge in [-0.25, -0.2) is 0 Å². The Morgan fingerprint density at radius 3 is 2.77 bits per heavy atom. The van der Waals surface area contributed by atoms with Crippen molar-refractivity contribution in [2.75, 3.05) is 6.54 Å². The summed E-state index contributed by atoms with van der Waals surface area (Å²) in [6.07, 6.45) is 6.23. The van der Waals surface area contributed by atoms with Crippen LogP contribution in [0.15, 0.2) is 24.3 Å². The van der Waals surface area contributed by atoms with Gasteiger partial charge in [0.2, 0.25) is 5.91 Å². The molecule has 1 aliphatic heterocycles. The second kappa shape index (κ2) is 7.47. The molecule has 1 unspecified atom stereocenters. The molecule has 1 aromatic rings. The Bertz CT molecular complexity index is 520. The summed E-state index contributed by atoms with van der Waals surface area (Å²) >= 11 is 0. The fourth-order valence-corrected chi connectivity index (χ4v) is 3.95. The lowest BCUT2D eigenvalue weighted by molar-refractivity contribution is -0.133. The summed E-state index contributed by atoms with van der Waals surface area (Å²) in [6, 6.07) is 9.09. The van der Waals surface area contributed by atoms with E-state index in [4.69, 9.17) is 5.73 Å². The zero-order valence-electron chi connectivity index (χ0n) is 13.3. The topological polar surface area (TPSA) is 46.3 Å². The number of benzene rings is 1. The molecule has 22 heavy (non-hydrogen) atoms. The molecule has 1 aliphatic carbocycles. The second-order valence-corrected chi connectivity index (χ2v) is 6.72. The molecule has 2 aliphatic rings. The Morgan fingerprint density at radius 2 is 2.09 bits per heavy atom. The predicted octanol–water partition coefficient (Wildman–Crippen LogP) is 3.60. The lowest BCUT2D eigenvalue weighted by Crippen LogP contribution is -2.35. The van der Waals surface area contributed by atoms with E-state index in [1.54, 1.807) is 0 Å². The summed E-state index contributed by atoms with van der Waals surface area (Å²) in [4.78, 5) is 14.8. The number of hydrogen-bond donors (Lipinski definition) is 1. The Balaban J connectivity index is 0.00000176. The van der Waals surface area contributed by atoms with Crippen LogP contribution < -0.4 is 5.73 Å². The van der Waals surface area contributed by atoms with E-state index in [2.05, 4.69) is 36.1 Å². The Morgan fingerprint density at radius 1 is 1.27 bits per heavy atom. The zero-order valence-corrected chi connectivity index (χ0v) is 14.1. The molecule has 3 atom stereocenters. The molecular formula is C18H27ClN2O. The van der Waals surface area contributed by atoms with Crippen molar-refractivity contribution in [3.63, 3.8) is 0 Å². The van der Waals surface area contributed by atoms with Gasteiger partial charge in [0.15, 0.2) is 0 Å². The molecule has 0 bridgehead atoms. The first kappa shape index (κ1) is 17.3. The Kier molecular flexibility index (Phi) is 5.87. The summed E-state index contributed by atoms with van der Waals surface area (Å²) in [5.74, 6) is 0.706. The van der Waals surface area contributed by atoms with E-state index in [9.17, 15) is 4.79 Å². The van der Waals surface area contributed by atoms with Crippen molar-refractivity contribution in [3.8, 4) is 0 Å². The van der Waals surface area contributed by atoms with E-state index in [-0.39, 0.29) is 24.5 Å². The van der Waals surface area contributed by atoms with Crippen LogP contribution in [0.2, 0.25) is 0 Å². The number of halogens is 1. The van der Waals surface area contributed by atoms with Crippen LogP contribution >= 0.6 is 12.4 Å². The number of amides is 1. The molecule has 1 saturated carbocycles. The number of hydrogen-bond acceptors (Lipinski definition) is 2. The Hall–Kier alpha value is -1.06. The van der Waals surface area contributed by atoms with Gasteiger partial charge in [-0.15, -0.1) is 12.4 Å². The van der Waals surface area contributed by atoms with Gasteiger partial charge in [-0.3, -0.25) is 4.79 Å². The van der Waals surface area contributed by atoms with Gasteiger partial charge in [-0.05, 0) is 44.1 Å². The fraction of sp³-hybridized carbons (Fsp3) is 0.611. The highest BCUT2D eigenvalue weighted by molar-refractivity contribution is 5.85. The number of nitrogens with zero attached hydrogens (tertiary/aromatic N) is 1. The van der Waals surface area contributed by atoms with E-state index in [1.165, 1.54) is 17.5 Å². The monoisotopic (exact) mass is 322 g/mol. The molecule has 122 valence electrons. The SMILES string of the molecule is Cc1cccc(C2CCCN2C(=O)C[C@@H]2CCC[C@H]2N)c1.Cl. The summed E-state index contributed by atoms with van der Waals surface area (Å²) in [6.45, 7) is 3.02. The smallest absolute Gasteiger partial charge is 0.223 e. The van der Waals surface area contributed by atoms with E-state index in [1.807, 2.05) is 0 Å². The summed E-state index contributed by atoms with van der Waals surface area (Å²) in [7, 11) is 0. The minimum Gasteiger partial charge on any atom is -0.336 e. The molecule has 0 radical (unpaired) electrons. The van der Waals surface area contributed by atoms with Crippen molar-refractivity contribution >= 4 is 18.3 Å². The molecule has 3 nitrogen and oxygen atoms in total. The third-order valence-corrected chi connectivity index (χ3v) is 5.15. The maximum absolute atomic E-state index is 12.7. The zero-order chi connectivity index (χ0) is 14.8. The fourth-order valence-electron chi connectivity index (χ4n) is 3.95. The van der Waals surface area contributed by atoms with Gasteiger partial charge < -0.3 is 10.6 Å². The van der Waals surface area contributed by atoms with Crippen LogP contribution in [-0.4, -0.2) is 23.4 Å². The van der Waals surface area contributed by atoms with Crippen LogP contribution in [0.4, 0.5) is 0 Å². The normalized spacial score (nSPS) is 27.7. The summed E-state index contributed by atoms with van der Waals surface area (Å²) < 4.78 is 0. The average molecular weight is 323 g/mol. The van der Waals surface area contributed by atoms with Gasteiger partial charge in [0.1, 0.15) is 0 Å². The van der Waals surface area contributed by atoms with Gasteiger partial charge in [0.05, 0.1) is 6.04 Å². The molecule has 1 heterocycles. The molecule has 2 N–H and O–H groups in total. The van der Waals surface area contributed by atoms with Crippen molar-refractivity contribution in [3.05, 3.63) is 35.4 Å². The van der Waals surface area contributed by atoms with Gasteiger partial charge in [0.25, 0.3) is 0 Å². The van der Waals surface area contributed by atoms with Gasteiger partial charge >= 0.3 is 0 Å². The van der Waals surface area contributed by atoms with E-state index >= 15 is 0 Å². The van der Waals surface area contributed by atoms with Crippen molar-refractivity contribution in [1.82, 2.24) is 4.90 Å². The predicted molar refractivity (Wildman–Crippen MR) is 92.0 cm³/mol. The van der Waals surface area contributed by atoms with Gasteiger partial charge in [-0.1, -0.05) is 36.2 Å². The number of carbonyl (C=O) groups is 1. The molecule has 1 aromatic carbocycles. The van der Waals surface area contributed by atoms with Crippen molar-refractivity contribution < 1.29 is 4.79 Å². The lowest BCUT2D eigenvalue weighted by atomic mass is 9.98. The first-order valence-electron chi connectivity index (χ1n) is 8.27. The number of rotatable bonds is 3. The van der Waals surface area contributed by atoms with Gasteiger partial charge in [-0.2, -0.15) is 0 Å². The van der Waals surface area contributed by atoms with Crippen LogP contribution in [0.3, 0.4) is 0 Å². The van der Waals surface area contributed by atoms with E-state index in [0.29, 0.717) is 18.2 Å². The molecule has 3 rings (SSSR count). The molecule has 2 fully saturated rings. The lowest BCUT2D eigenvalue weighted by Gasteiger charge is -2.27. The Labute approximate surface area is 139 Å². The molecular weight excluding hydrogens is 296 g/mol. The van der Waals surface area contributed by atoms with Gasteiger partial charge in [0, 0.05) is 19.0 Å². The minimum absolute atomic E-state index is 0. The highest BCUT2D eigenvalue weighted by atomic mass is 35.5. The first-order chi connectivity index (χ1) is 10.1. The van der Waals surface area contributed by atoms with Crippen LogP contribution in [0.5, 0.6) is 0 Å². The number of likely N-dealkylation sites (tertiary alicyclic amines) is 1. The van der Waals surface area contributed by atoms with Crippen LogP contribution in [0.25, 0.3) is 0 Å². The highest BCUT2D eigenvalue weighted by Crippen LogP contribution is 2.35.